The van der Waals surface area contributed by atoms with E-state index in [0.29, 0.717) is 31.0 Å². The Bertz CT molecular complexity index is 695. The van der Waals surface area contributed by atoms with Gasteiger partial charge in [0.15, 0.2) is 0 Å². The Hall–Kier alpha value is -2.38. The maximum absolute atomic E-state index is 12.5. The number of hydrogen-bond donors (Lipinski definition) is 2. The fourth-order valence-corrected chi connectivity index (χ4v) is 3.22. The fourth-order valence-electron chi connectivity index (χ4n) is 3.22. The minimum Gasteiger partial charge on any atom is -0.466 e. The van der Waals surface area contributed by atoms with Crippen molar-refractivity contribution in [1.29, 1.82) is 0 Å². The van der Waals surface area contributed by atoms with Gasteiger partial charge in [-0.25, -0.2) is 9.59 Å². The Kier molecular flexibility index (Phi) is 5.35. The van der Waals surface area contributed by atoms with E-state index in [1.165, 1.54) is 7.11 Å². The number of amides is 2. The van der Waals surface area contributed by atoms with Crippen LogP contribution in [0.1, 0.15) is 17.2 Å². The SMILES string of the molecule is COC(=O)C1=C(CN2CCOCC2)NC(=O)N[C@@H]1c1ccccc1C. The molecule has 7 heteroatoms. The van der Waals surface area contributed by atoms with Crippen LogP contribution in [0.5, 0.6) is 0 Å². The zero-order valence-corrected chi connectivity index (χ0v) is 14.5. The molecule has 7 nitrogen and oxygen atoms in total. The number of aryl methyl sites for hydroxylation is 1. The van der Waals surface area contributed by atoms with Crippen LogP contribution in [0.4, 0.5) is 4.79 Å². The van der Waals surface area contributed by atoms with Crippen LogP contribution in [-0.4, -0.2) is 56.9 Å². The minimum atomic E-state index is -0.529. The van der Waals surface area contributed by atoms with Crippen LogP contribution in [0.25, 0.3) is 0 Å². The largest absolute Gasteiger partial charge is 0.466 e. The first-order valence-corrected chi connectivity index (χ1v) is 8.34. The molecule has 0 unspecified atom stereocenters. The van der Waals surface area contributed by atoms with Gasteiger partial charge in [0.25, 0.3) is 0 Å². The van der Waals surface area contributed by atoms with Gasteiger partial charge in [-0.3, -0.25) is 4.90 Å². The lowest BCUT2D eigenvalue weighted by molar-refractivity contribution is -0.136. The molecule has 1 aromatic carbocycles. The molecule has 2 aliphatic heterocycles. The molecule has 2 heterocycles. The highest BCUT2D eigenvalue weighted by Gasteiger charge is 2.34. The highest BCUT2D eigenvalue weighted by molar-refractivity contribution is 5.95. The van der Waals surface area contributed by atoms with Gasteiger partial charge in [0.2, 0.25) is 0 Å². The second-order valence-electron chi connectivity index (χ2n) is 6.16. The van der Waals surface area contributed by atoms with Crippen LogP contribution in [-0.2, 0) is 14.3 Å². The molecule has 1 aromatic rings. The first kappa shape index (κ1) is 17.4. The Morgan fingerprint density at radius 3 is 2.72 bits per heavy atom. The van der Waals surface area contributed by atoms with Crippen LogP contribution in [0, 0.1) is 6.92 Å². The van der Waals surface area contributed by atoms with E-state index in [1.54, 1.807) is 0 Å². The van der Waals surface area contributed by atoms with Crippen molar-refractivity contribution in [3.8, 4) is 0 Å². The molecule has 1 fully saturated rings. The van der Waals surface area contributed by atoms with Crippen molar-refractivity contribution < 1.29 is 19.1 Å². The summed E-state index contributed by atoms with van der Waals surface area (Å²) in [6.07, 6.45) is 0. The van der Waals surface area contributed by atoms with Gasteiger partial charge in [0.05, 0.1) is 31.9 Å². The van der Waals surface area contributed by atoms with Crippen molar-refractivity contribution in [3.05, 3.63) is 46.7 Å². The highest BCUT2D eigenvalue weighted by Crippen LogP contribution is 2.30. The van der Waals surface area contributed by atoms with Crippen LogP contribution in [0.3, 0.4) is 0 Å². The maximum Gasteiger partial charge on any atom is 0.338 e. The topological polar surface area (TPSA) is 79.9 Å². The van der Waals surface area contributed by atoms with Gasteiger partial charge < -0.3 is 20.1 Å². The average Bonchev–Trinajstić information content (AvgIpc) is 2.62. The summed E-state index contributed by atoms with van der Waals surface area (Å²) in [6, 6.07) is 6.86. The molecular formula is C18H23N3O4. The van der Waals surface area contributed by atoms with Crippen molar-refractivity contribution in [3.63, 3.8) is 0 Å². The smallest absolute Gasteiger partial charge is 0.338 e. The van der Waals surface area contributed by atoms with E-state index in [-0.39, 0.29) is 6.03 Å². The minimum absolute atomic E-state index is 0.316. The zero-order chi connectivity index (χ0) is 17.8. The van der Waals surface area contributed by atoms with Crippen LogP contribution in [0.15, 0.2) is 35.5 Å². The first-order valence-electron chi connectivity index (χ1n) is 8.34. The summed E-state index contributed by atoms with van der Waals surface area (Å²) in [5.41, 5.74) is 2.92. The quantitative estimate of drug-likeness (QED) is 0.799. The van der Waals surface area contributed by atoms with E-state index in [1.807, 2.05) is 31.2 Å². The van der Waals surface area contributed by atoms with Crippen LogP contribution in [0.2, 0.25) is 0 Å². The summed E-state index contributed by atoms with van der Waals surface area (Å²) < 4.78 is 10.4. The molecule has 25 heavy (non-hydrogen) atoms. The number of esters is 1. The maximum atomic E-state index is 12.5. The number of benzene rings is 1. The molecule has 0 saturated carbocycles. The molecule has 2 amide bonds. The molecule has 1 saturated heterocycles. The van der Waals surface area contributed by atoms with Gasteiger partial charge in [0, 0.05) is 25.3 Å². The highest BCUT2D eigenvalue weighted by atomic mass is 16.5. The van der Waals surface area contributed by atoms with Crippen molar-refractivity contribution in [2.75, 3.05) is 40.0 Å². The lowest BCUT2D eigenvalue weighted by atomic mass is 9.92. The number of hydrogen-bond acceptors (Lipinski definition) is 5. The summed E-state index contributed by atoms with van der Waals surface area (Å²) in [5.74, 6) is -0.441. The standard InChI is InChI=1S/C18H23N3O4/c1-12-5-3-4-6-13(12)16-15(17(22)24-2)14(19-18(23)20-16)11-21-7-9-25-10-8-21/h3-6,16H,7-11H2,1-2H3,(H2,19,20,23)/t16-/m1/s1. The Morgan fingerprint density at radius 1 is 1.32 bits per heavy atom. The van der Waals surface area contributed by atoms with Gasteiger partial charge in [-0.05, 0) is 18.1 Å². The number of carbonyl (C=O) groups is 2. The zero-order valence-electron chi connectivity index (χ0n) is 14.5. The van der Waals surface area contributed by atoms with Crippen molar-refractivity contribution in [2.24, 2.45) is 0 Å². The lowest BCUT2D eigenvalue weighted by Gasteiger charge is -2.33. The van der Waals surface area contributed by atoms with E-state index < -0.39 is 12.0 Å². The fraction of sp³-hybridized carbons (Fsp3) is 0.444. The molecule has 2 aliphatic rings. The van der Waals surface area contributed by atoms with Gasteiger partial charge in [-0.1, -0.05) is 24.3 Å². The average molecular weight is 345 g/mol. The van der Waals surface area contributed by atoms with Gasteiger partial charge in [-0.15, -0.1) is 0 Å². The number of nitrogens with one attached hydrogen (secondary N) is 2. The van der Waals surface area contributed by atoms with E-state index in [0.717, 1.165) is 24.2 Å². The summed E-state index contributed by atoms with van der Waals surface area (Å²) in [6.45, 7) is 5.25. The second-order valence-corrected chi connectivity index (χ2v) is 6.16. The van der Waals surface area contributed by atoms with Crippen LogP contribution < -0.4 is 10.6 Å². The predicted molar refractivity (Wildman–Crippen MR) is 91.9 cm³/mol. The second kappa shape index (κ2) is 7.67. The van der Waals surface area contributed by atoms with E-state index in [2.05, 4.69) is 15.5 Å². The third-order valence-corrected chi connectivity index (χ3v) is 4.54. The van der Waals surface area contributed by atoms with E-state index in [4.69, 9.17) is 9.47 Å². The van der Waals surface area contributed by atoms with E-state index >= 15 is 0 Å². The van der Waals surface area contributed by atoms with Gasteiger partial charge in [-0.2, -0.15) is 0 Å². The summed E-state index contributed by atoms with van der Waals surface area (Å²) >= 11 is 0. The molecule has 0 spiro atoms. The number of urea groups is 1. The summed E-state index contributed by atoms with van der Waals surface area (Å²) in [5, 5.41) is 5.65. The summed E-state index contributed by atoms with van der Waals surface area (Å²) in [4.78, 5) is 26.9. The molecule has 0 aromatic heterocycles. The predicted octanol–water partition coefficient (Wildman–Crippen LogP) is 1.11. The Balaban J connectivity index is 2.00. The number of nitrogens with zero attached hydrogens (tertiary/aromatic N) is 1. The first-order chi connectivity index (χ1) is 12.1. The number of ether oxygens (including phenoxy) is 2. The molecule has 1 atom stereocenters. The Labute approximate surface area is 147 Å². The third kappa shape index (κ3) is 3.83. The number of carbonyl (C=O) groups excluding carboxylic acids is 2. The van der Waals surface area contributed by atoms with Crippen molar-refractivity contribution >= 4 is 12.0 Å². The monoisotopic (exact) mass is 345 g/mol. The van der Waals surface area contributed by atoms with E-state index in [9.17, 15) is 9.59 Å². The molecule has 134 valence electrons. The number of rotatable bonds is 4. The third-order valence-electron chi connectivity index (χ3n) is 4.54. The van der Waals surface area contributed by atoms with Crippen LogP contribution >= 0.6 is 0 Å². The Morgan fingerprint density at radius 2 is 2.04 bits per heavy atom. The molecular weight excluding hydrogens is 322 g/mol. The molecule has 0 radical (unpaired) electrons. The molecule has 2 N–H and O–H groups in total. The lowest BCUT2D eigenvalue weighted by Crippen LogP contribution is -2.49. The number of methoxy groups -OCH3 is 1. The molecule has 3 rings (SSSR count). The molecule has 0 bridgehead atoms. The van der Waals surface area contributed by atoms with Crippen molar-refractivity contribution in [2.45, 2.75) is 13.0 Å². The number of morpholine rings is 1. The molecule has 0 aliphatic carbocycles. The summed E-state index contributed by atoms with van der Waals surface area (Å²) in [7, 11) is 1.35. The van der Waals surface area contributed by atoms with Gasteiger partial charge >= 0.3 is 12.0 Å². The van der Waals surface area contributed by atoms with Gasteiger partial charge in [0.1, 0.15) is 0 Å². The van der Waals surface area contributed by atoms with Crippen molar-refractivity contribution in [1.82, 2.24) is 15.5 Å². The normalized spacial score (nSPS) is 21.5.